The largest absolute Gasteiger partial charge is 0.428 e. The van der Waals surface area contributed by atoms with Crippen molar-refractivity contribution in [3.63, 3.8) is 0 Å². The van der Waals surface area contributed by atoms with Crippen molar-refractivity contribution in [2.45, 2.75) is 25.7 Å². The summed E-state index contributed by atoms with van der Waals surface area (Å²) in [6.45, 7) is 0. The third kappa shape index (κ3) is 2.42. The highest BCUT2D eigenvalue weighted by molar-refractivity contribution is 5.95. The highest BCUT2D eigenvalue weighted by Crippen LogP contribution is 2.21. The zero-order chi connectivity index (χ0) is 11.4. The van der Waals surface area contributed by atoms with E-state index < -0.39 is 0 Å². The van der Waals surface area contributed by atoms with Crippen LogP contribution in [-0.2, 0) is 4.74 Å². The van der Waals surface area contributed by atoms with Gasteiger partial charge in [0.2, 0.25) is 0 Å². The number of carbonyl (C=O) groups is 1. The lowest BCUT2D eigenvalue weighted by molar-refractivity contribution is 0.0609. The van der Waals surface area contributed by atoms with Crippen molar-refractivity contribution in [1.29, 1.82) is 0 Å². The van der Waals surface area contributed by atoms with Crippen molar-refractivity contribution >= 4 is 11.7 Å². The molecule has 0 unspecified atom stereocenters. The van der Waals surface area contributed by atoms with Crippen LogP contribution in [0, 0.1) is 0 Å². The number of benzene rings is 1. The van der Waals surface area contributed by atoms with Gasteiger partial charge in [0.1, 0.15) is 5.76 Å². The fourth-order valence-electron chi connectivity index (χ4n) is 1.76. The normalized spacial score (nSPS) is 15.4. The topological polar surface area (TPSA) is 52.3 Å². The maximum atomic E-state index is 11.8. The van der Waals surface area contributed by atoms with Crippen molar-refractivity contribution in [2.24, 2.45) is 0 Å². The average Bonchev–Trinajstić information content (AvgIpc) is 2.31. The van der Waals surface area contributed by atoms with Gasteiger partial charge in [0, 0.05) is 12.1 Å². The summed E-state index contributed by atoms with van der Waals surface area (Å²) < 4.78 is 5.30. The Balaban J connectivity index is 2.08. The number of nitrogens with two attached hydrogens (primary N) is 1. The lowest BCUT2D eigenvalue weighted by Crippen LogP contribution is -2.09. The smallest absolute Gasteiger partial charge is 0.345 e. The van der Waals surface area contributed by atoms with E-state index in [1.165, 1.54) is 6.42 Å². The summed E-state index contributed by atoms with van der Waals surface area (Å²) in [5, 5.41) is 0. The molecular weight excluding hydrogens is 202 g/mol. The fourth-order valence-corrected chi connectivity index (χ4v) is 1.76. The van der Waals surface area contributed by atoms with E-state index in [-0.39, 0.29) is 5.97 Å². The molecule has 0 aliphatic heterocycles. The highest BCUT2D eigenvalue weighted by Gasteiger charge is 2.14. The predicted octanol–water partition coefficient (Wildman–Crippen LogP) is 2.88. The van der Waals surface area contributed by atoms with Gasteiger partial charge in [0.25, 0.3) is 0 Å². The summed E-state index contributed by atoms with van der Waals surface area (Å²) >= 11 is 0. The monoisotopic (exact) mass is 217 g/mol. The summed E-state index contributed by atoms with van der Waals surface area (Å²) in [4.78, 5) is 11.8. The molecular formula is C13H15NO2. The molecule has 0 aromatic heterocycles. The Hall–Kier alpha value is -1.77. The Morgan fingerprint density at radius 2 is 2.06 bits per heavy atom. The first kappa shape index (κ1) is 10.7. The van der Waals surface area contributed by atoms with Gasteiger partial charge in [-0.25, -0.2) is 4.79 Å². The number of esters is 1. The molecule has 1 aliphatic carbocycles. The maximum absolute atomic E-state index is 11.8. The van der Waals surface area contributed by atoms with Gasteiger partial charge in [-0.15, -0.1) is 0 Å². The molecule has 0 heterocycles. The van der Waals surface area contributed by atoms with E-state index in [4.69, 9.17) is 10.5 Å². The molecule has 1 aromatic rings. The molecule has 2 rings (SSSR count). The summed E-state index contributed by atoms with van der Waals surface area (Å²) in [5.74, 6) is 0.422. The Bertz CT molecular complexity index is 424. The quantitative estimate of drug-likeness (QED) is 0.612. The van der Waals surface area contributed by atoms with Crippen molar-refractivity contribution in [2.75, 3.05) is 5.73 Å². The second-order valence-electron chi connectivity index (χ2n) is 3.89. The molecule has 1 aliphatic rings. The number of hydrogen-bond acceptors (Lipinski definition) is 3. The number of hydrogen-bond donors (Lipinski definition) is 1. The first-order valence-corrected chi connectivity index (χ1v) is 5.53. The number of carbonyl (C=O) groups excluding carboxylic acids is 1. The van der Waals surface area contributed by atoms with Crippen LogP contribution in [0.15, 0.2) is 36.1 Å². The molecule has 0 saturated heterocycles. The fraction of sp³-hybridized carbons (Fsp3) is 0.308. The molecule has 2 N–H and O–H groups in total. The third-order valence-electron chi connectivity index (χ3n) is 2.65. The SMILES string of the molecule is Nc1ccccc1C(=O)OC1=CCCCC1. The molecule has 3 nitrogen and oxygen atoms in total. The lowest BCUT2D eigenvalue weighted by Gasteiger charge is -2.13. The van der Waals surface area contributed by atoms with Crippen molar-refractivity contribution in [3.8, 4) is 0 Å². The maximum Gasteiger partial charge on any atom is 0.345 e. The molecule has 3 heteroatoms. The first-order valence-electron chi connectivity index (χ1n) is 5.53. The number of allylic oxidation sites excluding steroid dienone is 2. The highest BCUT2D eigenvalue weighted by atomic mass is 16.5. The van der Waals surface area contributed by atoms with Gasteiger partial charge < -0.3 is 10.5 Å². The van der Waals surface area contributed by atoms with Crippen LogP contribution in [0.5, 0.6) is 0 Å². The Morgan fingerprint density at radius 3 is 2.75 bits per heavy atom. The predicted molar refractivity (Wildman–Crippen MR) is 62.8 cm³/mol. The van der Waals surface area contributed by atoms with Crippen LogP contribution >= 0.6 is 0 Å². The molecule has 0 saturated carbocycles. The van der Waals surface area contributed by atoms with Crippen molar-refractivity contribution in [3.05, 3.63) is 41.7 Å². The Kier molecular flexibility index (Phi) is 3.25. The van der Waals surface area contributed by atoms with Gasteiger partial charge in [-0.1, -0.05) is 12.1 Å². The minimum Gasteiger partial charge on any atom is -0.428 e. The van der Waals surface area contributed by atoms with Crippen LogP contribution < -0.4 is 5.73 Å². The average molecular weight is 217 g/mol. The van der Waals surface area contributed by atoms with Crippen molar-refractivity contribution in [1.82, 2.24) is 0 Å². The van der Waals surface area contributed by atoms with E-state index >= 15 is 0 Å². The van der Waals surface area contributed by atoms with Gasteiger partial charge in [-0.3, -0.25) is 0 Å². The lowest BCUT2D eigenvalue weighted by atomic mass is 10.1. The van der Waals surface area contributed by atoms with E-state index in [2.05, 4.69) is 0 Å². The van der Waals surface area contributed by atoms with Gasteiger partial charge >= 0.3 is 5.97 Å². The van der Waals surface area contributed by atoms with Gasteiger partial charge in [0.15, 0.2) is 0 Å². The zero-order valence-corrected chi connectivity index (χ0v) is 9.11. The molecule has 0 amide bonds. The van der Waals surface area contributed by atoms with Crippen LogP contribution in [0.25, 0.3) is 0 Å². The van der Waals surface area contributed by atoms with Crippen LogP contribution in [0.2, 0.25) is 0 Å². The van der Waals surface area contributed by atoms with Crippen LogP contribution in [-0.4, -0.2) is 5.97 Å². The zero-order valence-electron chi connectivity index (χ0n) is 9.11. The summed E-state index contributed by atoms with van der Waals surface area (Å²) in [6.07, 6.45) is 6.09. The summed E-state index contributed by atoms with van der Waals surface area (Å²) in [5.41, 5.74) is 6.61. The van der Waals surface area contributed by atoms with E-state index in [1.54, 1.807) is 24.3 Å². The number of nitrogen functional groups attached to an aromatic ring is 1. The summed E-state index contributed by atoms with van der Waals surface area (Å²) in [6, 6.07) is 6.96. The van der Waals surface area contributed by atoms with E-state index in [0.29, 0.717) is 11.3 Å². The van der Waals surface area contributed by atoms with Crippen LogP contribution in [0.1, 0.15) is 36.0 Å². The molecule has 0 atom stereocenters. The summed E-state index contributed by atoms with van der Waals surface area (Å²) in [7, 11) is 0. The minimum atomic E-state index is -0.355. The van der Waals surface area contributed by atoms with Gasteiger partial charge in [-0.2, -0.15) is 0 Å². The molecule has 84 valence electrons. The molecule has 0 bridgehead atoms. The number of ether oxygens (including phenoxy) is 1. The molecule has 0 fully saturated rings. The van der Waals surface area contributed by atoms with E-state index in [1.807, 2.05) is 6.08 Å². The standard InChI is InChI=1S/C13H15NO2/c14-12-9-5-4-8-11(12)13(15)16-10-6-2-1-3-7-10/h4-6,8-9H,1-3,7,14H2. The number of rotatable bonds is 2. The molecule has 16 heavy (non-hydrogen) atoms. The van der Waals surface area contributed by atoms with Crippen molar-refractivity contribution < 1.29 is 9.53 Å². The first-order chi connectivity index (χ1) is 7.77. The van der Waals surface area contributed by atoms with Crippen LogP contribution in [0.4, 0.5) is 5.69 Å². The third-order valence-corrected chi connectivity index (χ3v) is 2.65. The second kappa shape index (κ2) is 4.84. The number of anilines is 1. The van der Waals surface area contributed by atoms with Gasteiger partial charge in [0.05, 0.1) is 5.56 Å². The van der Waals surface area contributed by atoms with E-state index in [0.717, 1.165) is 25.0 Å². The molecule has 0 spiro atoms. The minimum absolute atomic E-state index is 0.355. The molecule has 1 aromatic carbocycles. The number of para-hydroxylation sites is 1. The van der Waals surface area contributed by atoms with Crippen LogP contribution in [0.3, 0.4) is 0 Å². The van der Waals surface area contributed by atoms with E-state index in [9.17, 15) is 4.79 Å². The Labute approximate surface area is 94.9 Å². The Morgan fingerprint density at radius 1 is 1.25 bits per heavy atom. The second-order valence-corrected chi connectivity index (χ2v) is 3.89. The molecule has 0 radical (unpaired) electrons. The van der Waals surface area contributed by atoms with Gasteiger partial charge in [-0.05, 0) is 37.5 Å².